The van der Waals surface area contributed by atoms with Gasteiger partial charge in [0.05, 0.1) is 24.5 Å². The summed E-state index contributed by atoms with van der Waals surface area (Å²) in [4.78, 5) is 14.8. The number of sulfone groups is 1. The molecule has 3 aromatic carbocycles. The molecule has 0 saturated heterocycles. The average Bonchev–Trinajstić information content (AvgIpc) is 3.19. The number of carboxylic acids is 1. The van der Waals surface area contributed by atoms with Gasteiger partial charge in [-0.05, 0) is 86.5 Å². The number of fused-ring (bicyclic) bond motifs is 1. The Bertz CT molecular complexity index is 1450. The van der Waals surface area contributed by atoms with Crippen molar-refractivity contribution in [2.45, 2.75) is 14.7 Å². The van der Waals surface area contributed by atoms with Crippen molar-refractivity contribution in [2.75, 3.05) is 5.75 Å². The van der Waals surface area contributed by atoms with Crippen LogP contribution >= 0.6 is 55.2 Å². The first-order valence-electron chi connectivity index (χ1n) is 9.28. The smallest absolute Gasteiger partial charge is 0.313 e. The molecule has 11 heteroatoms. The van der Waals surface area contributed by atoms with Crippen LogP contribution in [0, 0.1) is 0 Å². The van der Waals surface area contributed by atoms with Gasteiger partial charge < -0.3 is 14.8 Å². The summed E-state index contributed by atoms with van der Waals surface area (Å²) < 4.78 is 33.6. The Kier molecular flexibility index (Phi) is 7.11. The van der Waals surface area contributed by atoms with E-state index in [0.29, 0.717) is 36.4 Å². The second-order valence-corrected chi connectivity index (χ2v) is 11.9. The third kappa shape index (κ3) is 5.25. The number of aromatic nitrogens is 1. The fraction of sp³-hybridized carbons (Fsp3) is 0.0455. The Morgan fingerprint density at radius 2 is 1.73 bits per heavy atom. The fourth-order valence-electron chi connectivity index (χ4n) is 3.08. The molecule has 0 unspecified atom stereocenters. The van der Waals surface area contributed by atoms with Crippen molar-refractivity contribution in [3.8, 4) is 11.5 Å². The Hall–Kier alpha value is -1.98. The molecular weight excluding hydrogens is 618 g/mol. The predicted molar refractivity (Wildman–Crippen MR) is 135 cm³/mol. The fourth-order valence-corrected chi connectivity index (χ4v) is 6.97. The van der Waals surface area contributed by atoms with Crippen molar-refractivity contribution in [3.05, 3.63) is 74.8 Å². The van der Waals surface area contributed by atoms with E-state index in [4.69, 9.17) is 21.4 Å². The maximum atomic E-state index is 13.2. The van der Waals surface area contributed by atoms with E-state index < -0.39 is 15.8 Å². The topological polar surface area (TPSA) is 96.5 Å². The van der Waals surface area contributed by atoms with E-state index >= 15 is 0 Å². The first-order chi connectivity index (χ1) is 15.6. The van der Waals surface area contributed by atoms with Crippen LogP contribution in [0.15, 0.2) is 84.4 Å². The molecule has 0 atom stereocenters. The van der Waals surface area contributed by atoms with Crippen LogP contribution < -0.4 is 4.74 Å². The van der Waals surface area contributed by atoms with E-state index in [0.717, 1.165) is 4.90 Å². The van der Waals surface area contributed by atoms with Gasteiger partial charge in [0, 0.05) is 27.0 Å². The minimum Gasteiger partial charge on any atom is -0.481 e. The zero-order valence-corrected chi connectivity index (χ0v) is 22.1. The highest BCUT2D eigenvalue weighted by Gasteiger charge is 2.22. The van der Waals surface area contributed by atoms with Gasteiger partial charge in [-0.1, -0.05) is 11.6 Å². The Labute approximate surface area is 215 Å². The molecule has 0 saturated carbocycles. The molecule has 0 aliphatic rings. The molecule has 0 fully saturated rings. The molecule has 1 heterocycles. The van der Waals surface area contributed by atoms with Gasteiger partial charge in [-0.25, -0.2) is 8.42 Å². The molecule has 2 N–H and O–H groups in total. The van der Waals surface area contributed by atoms with E-state index in [-0.39, 0.29) is 15.5 Å². The predicted octanol–water partition coefficient (Wildman–Crippen LogP) is 7.15. The Balaban J connectivity index is 1.68. The van der Waals surface area contributed by atoms with Gasteiger partial charge in [0.2, 0.25) is 9.84 Å². The summed E-state index contributed by atoms with van der Waals surface area (Å²) >= 11 is 14.0. The number of thioether (sulfide) groups is 1. The molecule has 0 aliphatic heterocycles. The maximum absolute atomic E-state index is 13.2. The SMILES string of the molecule is O=C(O)CSc1cc(Br)c(Oc2ccc3[nH]cc(S(=O)(=O)c4ccc(Cl)cc4)c3c2)c(Br)c1. The highest BCUT2D eigenvalue weighted by molar-refractivity contribution is 9.11. The molecule has 0 bridgehead atoms. The zero-order valence-electron chi connectivity index (χ0n) is 16.5. The number of carboxylic acid groups (broad SMARTS) is 1. The number of aromatic amines is 1. The summed E-state index contributed by atoms with van der Waals surface area (Å²) in [6.45, 7) is 0. The van der Waals surface area contributed by atoms with E-state index in [1.54, 1.807) is 30.3 Å². The van der Waals surface area contributed by atoms with Crippen LogP contribution in [0.3, 0.4) is 0 Å². The second-order valence-electron chi connectivity index (χ2n) is 6.82. The number of nitrogens with one attached hydrogen (secondary N) is 1. The van der Waals surface area contributed by atoms with Crippen LogP contribution in [0.2, 0.25) is 5.02 Å². The van der Waals surface area contributed by atoms with Crippen molar-refractivity contribution in [2.24, 2.45) is 0 Å². The Morgan fingerprint density at radius 3 is 2.36 bits per heavy atom. The molecule has 6 nitrogen and oxygen atoms in total. The zero-order chi connectivity index (χ0) is 23.8. The number of hydrogen-bond donors (Lipinski definition) is 2. The second kappa shape index (κ2) is 9.71. The number of benzene rings is 3. The first-order valence-corrected chi connectivity index (χ1v) is 13.7. The third-order valence-electron chi connectivity index (χ3n) is 4.58. The van der Waals surface area contributed by atoms with Crippen molar-refractivity contribution in [3.63, 3.8) is 0 Å². The number of hydrogen-bond acceptors (Lipinski definition) is 5. The van der Waals surface area contributed by atoms with Gasteiger partial charge in [0.25, 0.3) is 0 Å². The molecule has 1 aromatic heterocycles. The number of rotatable bonds is 7. The summed E-state index contributed by atoms with van der Waals surface area (Å²) in [7, 11) is -3.78. The van der Waals surface area contributed by atoms with Crippen LogP contribution in [-0.2, 0) is 14.6 Å². The number of carbonyl (C=O) groups is 1. The molecule has 33 heavy (non-hydrogen) atoms. The molecule has 4 aromatic rings. The standard InChI is InChI=1S/C22H14Br2ClNO5S2/c23-17-8-14(32-11-21(27)28)9-18(24)22(17)31-13-3-6-19-16(7-13)20(10-26-19)33(29,30)15-4-1-12(25)2-5-15/h1-10,26H,11H2,(H,27,28). The van der Waals surface area contributed by atoms with Gasteiger partial charge in [-0.15, -0.1) is 11.8 Å². The molecule has 0 spiro atoms. The minimum atomic E-state index is -3.78. The van der Waals surface area contributed by atoms with Crippen molar-refractivity contribution >= 4 is 81.9 Å². The summed E-state index contributed by atoms with van der Waals surface area (Å²) in [5.74, 6) is -0.0564. The summed E-state index contributed by atoms with van der Waals surface area (Å²) in [6.07, 6.45) is 1.46. The first kappa shape index (κ1) is 24.2. The summed E-state index contributed by atoms with van der Waals surface area (Å²) in [5, 5.41) is 9.82. The van der Waals surface area contributed by atoms with E-state index in [9.17, 15) is 13.2 Å². The Morgan fingerprint density at radius 1 is 1.06 bits per heavy atom. The molecule has 0 radical (unpaired) electrons. The number of ether oxygens (including phenoxy) is 1. The van der Waals surface area contributed by atoms with Crippen molar-refractivity contribution in [1.82, 2.24) is 4.98 Å². The van der Waals surface area contributed by atoms with Crippen LogP contribution in [-0.4, -0.2) is 30.2 Å². The maximum Gasteiger partial charge on any atom is 0.313 e. The molecular formula is C22H14Br2ClNO5S2. The average molecular weight is 632 g/mol. The van der Waals surface area contributed by atoms with E-state index in [1.165, 1.54) is 42.2 Å². The summed E-state index contributed by atoms with van der Waals surface area (Å²) in [5.41, 5.74) is 0.647. The summed E-state index contributed by atoms with van der Waals surface area (Å²) in [6, 6.07) is 14.6. The number of halogens is 3. The van der Waals surface area contributed by atoms with Gasteiger partial charge in [-0.2, -0.15) is 0 Å². The largest absolute Gasteiger partial charge is 0.481 e. The van der Waals surface area contributed by atoms with Crippen LogP contribution in [0.25, 0.3) is 10.9 Å². The highest BCUT2D eigenvalue weighted by Crippen LogP contribution is 2.41. The normalized spacial score (nSPS) is 11.6. The molecule has 4 rings (SSSR count). The molecule has 170 valence electrons. The lowest BCUT2D eigenvalue weighted by Crippen LogP contribution is -2.01. The van der Waals surface area contributed by atoms with Crippen LogP contribution in [0.1, 0.15) is 0 Å². The van der Waals surface area contributed by atoms with Crippen LogP contribution in [0.4, 0.5) is 0 Å². The minimum absolute atomic E-state index is 0.0614. The lowest BCUT2D eigenvalue weighted by Gasteiger charge is -2.12. The molecule has 0 aliphatic carbocycles. The van der Waals surface area contributed by atoms with Gasteiger partial charge >= 0.3 is 5.97 Å². The van der Waals surface area contributed by atoms with Crippen LogP contribution in [0.5, 0.6) is 11.5 Å². The van der Waals surface area contributed by atoms with Crippen molar-refractivity contribution < 1.29 is 23.1 Å². The highest BCUT2D eigenvalue weighted by atomic mass is 79.9. The van der Waals surface area contributed by atoms with Gasteiger partial charge in [0.1, 0.15) is 5.75 Å². The van der Waals surface area contributed by atoms with Gasteiger partial charge in [0.15, 0.2) is 5.75 Å². The number of H-pyrrole nitrogens is 1. The monoisotopic (exact) mass is 629 g/mol. The lowest BCUT2D eigenvalue weighted by atomic mass is 10.2. The quantitative estimate of drug-likeness (QED) is 0.211. The van der Waals surface area contributed by atoms with Gasteiger partial charge in [-0.3, -0.25) is 4.79 Å². The molecule has 0 amide bonds. The third-order valence-corrected chi connectivity index (χ3v) is 8.78. The van der Waals surface area contributed by atoms with E-state index in [2.05, 4.69) is 36.8 Å². The lowest BCUT2D eigenvalue weighted by molar-refractivity contribution is -0.133. The van der Waals surface area contributed by atoms with Crippen molar-refractivity contribution in [1.29, 1.82) is 0 Å². The number of aliphatic carboxylic acids is 1. The van der Waals surface area contributed by atoms with E-state index in [1.807, 2.05) is 0 Å².